The molecule has 6 heteroatoms. The molecule has 0 bridgehead atoms. The van der Waals surface area contributed by atoms with Crippen LogP contribution in [-0.4, -0.2) is 13.6 Å². The molecule has 1 N–H and O–H groups in total. The summed E-state index contributed by atoms with van der Waals surface area (Å²) in [5.41, 5.74) is 4.91. The average Bonchev–Trinajstić information content (AvgIpc) is 3.00. The molecule has 3 aromatic rings. The van der Waals surface area contributed by atoms with Crippen LogP contribution in [-0.2, 0) is 16.4 Å². The molecule has 0 saturated carbocycles. The third kappa shape index (κ3) is 3.42. The minimum absolute atomic E-state index is 0.179. The van der Waals surface area contributed by atoms with Gasteiger partial charge < -0.3 is 4.52 Å². The normalized spacial score (nSPS) is 16.9. The summed E-state index contributed by atoms with van der Waals surface area (Å²) in [5, 5.41) is 3.96. The van der Waals surface area contributed by atoms with Crippen molar-refractivity contribution in [1.82, 2.24) is 9.88 Å². The molecule has 1 heterocycles. The van der Waals surface area contributed by atoms with E-state index in [9.17, 15) is 8.42 Å². The number of nitrogens with one attached hydrogen (secondary N) is 1. The van der Waals surface area contributed by atoms with Crippen LogP contribution in [0.1, 0.15) is 41.5 Å². The highest BCUT2D eigenvalue weighted by atomic mass is 32.2. The van der Waals surface area contributed by atoms with E-state index < -0.39 is 10.0 Å². The summed E-state index contributed by atoms with van der Waals surface area (Å²) in [6, 6.07) is 14.8. The van der Waals surface area contributed by atoms with Crippen LogP contribution in [0.5, 0.6) is 0 Å². The molecule has 0 aliphatic heterocycles. The van der Waals surface area contributed by atoms with Crippen LogP contribution in [0.4, 0.5) is 0 Å². The van der Waals surface area contributed by atoms with Gasteiger partial charge in [0.2, 0.25) is 10.0 Å². The van der Waals surface area contributed by atoms with Crippen molar-refractivity contribution in [2.45, 2.75) is 44.0 Å². The molecule has 0 radical (unpaired) electrons. The molecule has 1 aromatic heterocycles. The maximum atomic E-state index is 12.9. The van der Waals surface area contributed by atoms with Crippen molar-refractivity contribution in [2.24, 2.45) is 0 Å². The molecule has 0 fully saturated rings. The number of benzene rings is 2. The summed E-state index contributed by atoms with van der Waals surface area (Å²) in [7, 11) is -3.60. The molecular formula is C21H22N2O3S. The predicted octanol–water partition coefficient (Wildman–Crippen LogP) is 4.31. The van der Waals surface area contributed by atoms with E-state index in [4.69, 9.17) is 4.52 Å². The van der Waals surface area contributed by atoms with Gasteiger partial charge in [0.1, 0.15) is 5.76 Å². The van der Waals surface area contributed by atoms with E-state index >= 15 is 0 Å². The van der Waals surface area contributed by atoms with E-state index in [-0.39, 0.29) is 10.9 Å². The number of hydrogen-bond acceptors (Lipinski definition) is 4. The zero-order chi connectivity index (χ0) is 19.0. The molecule has 0 amide bonds. The largest absolute Gasteiger partial charge is 0.361 e. The third-order valence-electron chi connectivity index (χ3n) is 5.15. The van der Waals surface area contributed by atoms with Gasteiger partial charge in [-0.15, -0.1) is 0 Å². The lowest BCUT2D eigenvalue weighted by atomic mass is 9.88. The number of hydrogen-bond donors (Lipinski definition) is 1. The van der Waals surface area contributed by atoms with Crippen molar-refractivity contribution in [3.05, 3.63) is 71.1 Å². The Kier molecular flexibility index (Phi) is 4.61. The first-order valence-corrected chi connectivity index (χ1v) is 10.6. The van der Waals surface area contributed by atoms with Crippen LogP contribution in [0.15, 0.2) is 57.9 Å². The smallest absolute Gasteiger partial charge is 0.241 e. The number of aryl methyl sites for hydroxylation is 3. The second kappa shape index (κ2) is 6.94. The molecule has 1 aliphatic carbocycles. The Bertz CT molecular complexity index is 1050. The highest BCUT2D eigenvalue weighted by Crippen LogP contribution is 2.32. The Hall–Kier alpha value is -2.44. The molecule has 27 heavy (non-hydrogen) atoms. The monoisotopic (exact) mass is 382 g/mol. The van der Waals surface area contributed by atoms with Gasteiger partial charge in [0.25, 0.3) is 0 Å². The lowest BCUT2D eigenvalue weighted by molar-refractivity contribution is 0.393. The first-order valence-electron chi connectivity index (χ1n) is 9.09. The molecule has 0 saturated heterocycles. The molecule has 2 aromatic carbocycles. The van der Waals surface area contributed by atoms with Gasteiger partial charge in [-0.3, -0.25) is 0 Å². The molecule has 5 nitrogen and oxygen atoms in total. The average molecular weight is 382 g/mol. The topological polar surface area (TPSA) is 72.2 Å². The van der Waals surface area contributed by atoms with E-state index in [1.165, 1.54) is 5.56 Å². The van der Waals surface area contributed by atoms with Crippen molar-refractivity contribution < 1.29 is 12.9 Å². The molecular weight excluding hydrogens is 360 g/mol. The van der Waals surface area contributed by atoms with Gasteiger partial charge >= 0.3 is 0 Å². The van der Waals surface area contributed by atoms with Crippen LogP contribution >= 0.6 is 0 Å². The molecule has 140 valence electrons. The Balaban J connectivity index is 1.60. The minimum Gasteiger partial charge on any atom is -0.361 e. The van der Waals surface area contributed by atoms with Gasteiger partial charge in [-0.1, -0.05) is 41.6 Å². The van der Waals surface area contributed by atoms with E-state index in [0.717, 1.165) is 47.4 Å². The van der Waals surface area contributed by atoms with Crippen molar-refractivity contribution >= 4 is 10.0 Å². The standard InChI is InChI=1S/C21H22N2O3S/c1-14-21(15(2)26-22-14)17-10-12-18(13-11-17)27(24,25)23-20-9-5-7-16-6-3-4-8-19(16)20/h3-4,6,8,10-13,20,23H,5,7,9H2,1-2H3/t20-/m0/s1. The van der Waals surface area contributed by atoms with Crippen LogP contribution in [0.3, 0.4) is 0 Å². The number of fused-ring (bicyclic) bond motifs is 1. The van der Waals surface area contributed by atoms with E-state index in [1.807, 2.05) is 32.0 Å². The summed E-state index contributed by atoms with van der Waals surface area (Å²) >= 11 is 0. The number of nitrogens with zero attached hydrogens (tertiary/aromatic N) is 1. The van der Waals surface area contributed by atoms with E-state index in [1.54, 1.807) is 24.3 Å². The first-order chi connectivity index (χ1) is 13.0. The Morgan fingerprint density at radius 1 is 1.07 bits per heavy atom. The number of rotatable bonds is 4. The summed E-state index contributed by atoms with van der Waals surface area (Å²) < 4.78 is 33.9. The van der Waals surface area contributed by atoms with Gasteiger partial charge in [-0.05, 0) is 61.9 Å². The molecule has 0 spiro atoms. The number of sulfonamides is 1. The lowest BCUT2D eigenvalue weighted by Gasteiger charge is -2.26. The SMILES string of the molecule is Cc1noc(C)c1-c1ccc(S(=O)(=O)N[C@H]2CCCc3ccccc32)cc1. The second-order valence-electron chi connectivity index (χ2n) is 6.99. The Morgan fingerprint density at radius 3 is 2.52 bits per heavy atom. The van der Waals surface area contributed by atoms with Crippen LogP contribution in [0.2, 0.25) is 0 Å². The molecule has 1 aliphatic rings. The Labute approximate surface area is 159 Å². The maximum absolute atomic E-state index is 12.9. The number of aromatic nitrogens is 1. The zero-order valence-corrected chi connectivity index (χ0v) is 16.2. The van der Waals surface area contributed by atoms with Gasteiger partial charge in [-0.2, -0.15) is 0 Å². The van der Waals surface area contributed by atoms with Crippen molar-refractivity contribution in [1.29, 1.82) is 0 Å². The maximum Gasteiger partial charge on any atom is 0.241 e. The van der Waals surface area contributed by atoms with Gasteiger partial charge in [0.05, 0.1) is 10.6 Å². The molecule has 0 unspecified atom stereocenters. The predicted molar refractivity (Wildman–Crippen MR) is 104 cm³/mol. The molecule has 1 atom stereocenters. The van der Waals surface area contributed by atoms with Crippen molar-refractivity contribution in [2.75, 3.05) is 0 Å². The van der Waals surface area contributed by atoms with Crippen molar-refractivity contribution in [3.63, 3.8) is 0 Å². The van der Waals surface area contributed by atoms with Crippen molar-refractivity contribution in [3.8, 4) is 11.1 Å². The third-order valence-corrected chi connectivity index (χ3v) is 6.64. The summed E-state index contributed by atoms with van der Waals surface area (Å²) in [4.78, 5) is 0.265. The summed E-state index contributed by atoms with van der Waals surface area (Å²) in [6.45, 7) is 3.72. The summed E-state index contributed by atoms with van der Waals surface area (Å²) in [5.74, 6) is 0.722. The van der Waals surface area contributed by atoms with Crippen LogP contribution in [0.25, 0.3) is 11.1 Å². The highest BCUT2D eigenvalue weighted by Gasteiger charge is 2.25. The van der Waals surface area contributed by atoms with Crippen LogP contribution < -0.4 is 4.72 Å². The fraction of sp³-hybridized carbons (Fsp3) is 0.286. The van der Waals surface area contributed by atoms with Gasteiger partial charge in [-0.25, -0.2) is 13.1 Å². The van der Waals surface area contributed by atoms with Crippen LogP contribution in [0, 0.1) is 13.8 Å². The summed E-state index contributed by atoms with van der Waals surface area (Å²) in [6.07, 6.45) is 2.79. The second-order valence-corrected chi connectivity index (χ2v) is 8.70. The quantitative estimate of drug-likeness (QED) is 0.730. The van der Waals surface area contributed by atoms with E-state index in [0.29, 0.717) is 0 Å². The van der Waals surface area contributed by atoms with E-state index in [2.05, 4.69) is 15.9 Å². The fourth-order valence-corrected chi connectivity index (χ4v) is 5.08. The van der Waals surface area contributed by atoms with Gasteiger partial charge in [0.15, 0.2) is 0 Å². The zero-order valence-electron chi connectivity index (χ0n) is 15.4. The fourth-order valence-electron chi connectivity index (χ4n) is 3.83. The highest BCUT2D eigenvalue weighted by molar-refractivity contribution is 7.89. The molecule has 4 rings (SSSR count). The van der Waals surface area contributed by atoms with Gasteiger partial charge in [0, 0.05) is 11.6 Å². The Morgan fingerprint density at radius 2 is 1.81 bits per heavy atom. The minimum atomic E-state index is -3.60. The first kappa shape index (κ1) is 17.9. The lowest BCUT2D eigenvalue weighted by Crippen LogP contribution is -2.31.